The van der Waals surface area contributed by atoms with E-state index in [0.717, 1.165) is 17.1 Å². The molecule has 0 aliphatic heterocycles. The number of hydrogen-bond acceptors (Lipinski definition) is 2. The lowest BCUT2D eigenvalue weighted by Crippen LogP contribution is -2.29. The first kappa shape index (κ1) is 13.5. The predicted molar refractivity (Wildman–Crippen MR) is 68.8 cm³/mol. The number of aromatic nitrogens is 2. The second-order valence-electron chi connectivity index (χ2n) is 4.52. The summed E-state index contributed by atoms with van der Waals surface area (Å²) < 4.78 is 1.87. The van der Waals surface area contributed by atoms with E-state index in [1.807, 2.05) is 11.7 Å². The zero-order valence-corrected chi connectivity index (χ0v) is 11.4. The molecule has 92 valence electrons. The van der Waals surface area contributed by atoms with Gasteiger partial charge in [-0.15, -0.1) is 0 Å². The van der Waals surface area contributed by atoms with Gasteiger partial charge in [-0.25, -0.2) is 0 Å². The van der Waals surface area contributed by atoms with Crippen molar-refractivity contribution in [3.8, 4) is 0 Å². The maximum Gasteiger partial charge on any atom is 0.0833 e. The summed E-state index contributed by atoms with van der Waals surface area (Å²) >= 11 is 6.18. The molecule has 3 nitrogen and oxygen atoms in total. The molecule has 1 aromatic rings. The average molecular weight is 244 g/mol. The number of nitrogens with zero attached hydrogens (tertiary/aromatic N) is 2. The molecular weight excluding hydrogens is 222 g/mol. The third kappa shape index (κ3) is 3.49. The molecule has 1 rings (SSSR count). The van der Waals surface area contributed by atoms with Crippen LogP contribution in [0.2, 0.25) is 5.02 Å². The largest absolute Gasteiger partial charge is 0.306 e. The second-order valence-corrected chi connectivity index (χ2v) is 4.92. The van der Waals surface area contributed by atoms with Gasteiger partial charge in [0.2, 0.25) is 0 Å². The number of nitrogens with one attached hydrogen (secondary N) is 1. The summed E-state index contributed by atoms with van der Waals surface area (Å²) in [5.74, 6) is 0. The summed E-state index contributed by atoms with van der Waals surface area (Å²) in [5, 5.41) is 8.51. The molecule has 0 aliphatic carbocycles. The number of halogens is 1. The molecule has 0 fully saturated rings. The highest BCUT2D eigenvalue weighted by Gasteiger charge is 2.18. The van der Waals surface area contributed by atoms with E-state index < -0.39 is 0 Å². The molecule has 1 aromatic heterocycles. The SMILES string of the molecule is CCCCC(NC(C)C)c1c(Cl)cnn1C. The number of unbranched alkanes of at least 4 members (excludes halogenated alkanes) is 1. The monoisotopic (exact) mass is 243 g/mol. The summed E-state index contributed by atoms with van der Waals surface area (Å²) in [4.78, 5) is 0. The van der Waals surface area contributed by atoms with Crippen LogP contribution in [-0.2, 0) is 7.05 Å². The van der Waals surface area contributed by atoms with Gasteiger partial charge in [0, 0.05) is 13.1 Å². The van der Waals surface area contributed by atoms with Crippen LogP contribution in [0.4, 0.5) is 0 Å². The molecule has 1 unspecified atom stereocenters. The highest BCUT2D eigenvalue weighted by atomic mass is 35.5. The van der Waals surface area contributed by atoms with E-state index >= 15 is 0 Å². The van der Waals surface area contributed by atoms with Crippen molar-refractivity contribution < 1.29 is 0 Å². The smallest absolute Gasteiger partial charge is 0.0833 e. The van der Waals surface area contributed by atoms with Crippen LogP contribution in [0.15, 0.2) is 6.20 Å². The van der Waals surface area contributed by atoms with Crippen LogP contribution < -0.4 is 5.32 Å². The molecule has 0 aromatic carbocycles. The first-order chi connectivity index (χ1) is 7.56. The van der Waals surface area contributed by atoms with E-state index in [1.54, 1.807) is 6.20 Å². The Hall–Kier alpha value is -0.540. The van der Waals surface area contributed by atoms with E-state index in [0.29, 0.717) is 12.1 Å². The molecule has 0 spiro atoms. The third-order valence-corrected chi connectivity index (χ3v) is 2.94. The highest BCUT2D eigenvalue weighted by molar-refractivity contribution is 6.31. The van der Waals surface area contributed by atoms with Crippen molar-refractivity contribution in [3.63, 3.8) is 0 Å². The van der Waals surface area contributed by atoms with Gasteiger partial charge in [-0.3, -0.25) is 4.68 Å². The summed E-state index contributed by atoms with van der Waals surface area (Å²) in [6.45, 7) is 6.52. The highest BCUT2D eigenvalue weighted by Crippen LogP contribution is 2.26. The first-order valence-electron chi connectivity index (χ1n) is 5.99. The Kier molecular flexibility index (Phi) is 5.29. The van der Waals surface area contributed by atoms with Gasteiger partial charge in [-0.2, -0.15) is 5.10 Å². The maximum absolute atomic E-state index is 6.18. The fourth-order valence-electron chi connectivity index (χ4n) is 1.92. The average Bonchev–Trinajstić information content (AvgIpc) is 2.53. The Morgan fingerprint density at radius 2 is 2.19 bits per heavy atom. The van der Waals surface area contributed by atoms with Crippen molar-refractivity contribution in [1.29, 1.82) is 0 Å². The number of rotatable bonds is 6. The molecule has 0 saturated carbocycles. The number of hydrogen-bond donors (Lipinski definition) is 1. The quantitative estimate of drug-likeness (QED) is 0.831. The fourth-order valence-corrected chi connectivity index (χ4v) is 2.22. The van der Waals surface area contributed by atoms with E-state index in [1.165, 1.54) is 12.8 Å². The van der Waals surface area contributed by atoms with Crippen molar-refractivity contribution in [2.24, 2.45) is 7.05 Å². The van der Waals surface area contributed by atoms with Crippen LogP contribution in [0.1, 0.15) is 51.8 Å². The molecule has 0 saturated heterocycles. The van der Waals surface area contributed by atoms with Crippen LogP contribution in [0.5, 0.6) is 0 Å². The summed E-state index contributed by atoms with van der Waals surface area (Å²) in [6, 6.07) is 0.757. The lowest BCUT2D eigenvalue weighted by atomic mass is 10.1. The minimum Gasteiger partial charge on any atom is -0.306 e. The van der Waals surface area contributed by atoms with Crippen LogP contribution in [-0.4, -0.2) is 15.8 Å². The summed E-state index contributed by atoms with van der Waals surface area (Å²) in [6.07, 6.45) is 5.23. The molecule has 1 heterocycles. The van der Waals surface area contributed by atoms with Gasteiger partial charge in [0.05, 0.1) is 23.0 Å². The van der Waals surface area contributed by atoms with E-state index in [2.05, 4.69) is 31.2 Å². The van der Waals surface area contributed by atoms with E-state index in [9.17, 15) is 0 Å². The molecule has 4 heteroatoms. The van der Waals surface area contributed by atoms with Crippen molar-refractivity contribution in [3.05, 3.63) is 16.9 Å². The Morgan fingerprint density at radius 1 is 1.50 bits per heavy atom. The van der Waals surface area contributed by atoms with Crippen LogP contribution >= 0.6 is 11.6 Å². The summed E-state index contributed by atoms with van der Waals surface area (Å²) in [5.41, 5.74) is 1.10. The zero-order valence-electron chi connectivity index (χ0n) is 10.6. The lowest BCUT2D eigenvalue weighted by molar-refractivity contribution is 0.418. The molecule has 1 N–H and O–H groups in total. The van der Waals surface area contributed by atoms with Crippen LogP contribution in [0, 0.1) is 0 Å². The standard InChI is InChI=1S/C12H22ClN3/c1-5-6-7-11(15-9(2)3)12-10(13)8-14-16(12)4/h8-9,11,15H,5-7H2,1-4H3. The van der Waals surface area contributed by atoms with Crippen molar-refractivity contribution >= 4 is 11.6 Å². The Morgan fingerprint density at radius 3 is 2.62 bits per heavy atom. The van der Waals surface area contributed by atoms with Crippen LogP contribution in [0.25, 0.3) is 0 Å². The van der Waals surface area contributed by atoms with E-state index in [4.69, 9.17) is 11.6 Å². The van der Waals surface area contributed by atoms with Gasteiger partial charge in [0.25, 0.3) is 0 Å². The van der Waals surface area contributed by atoms with Crippen LogP contribution in [0.3, 0.4) is 0 Å². The normalized spacial score (nSPS) is 13.4. The van der Waals surface area contributed by atoms with Gasteiger partial charge in [0.15, 0.2) is 0 Å². The Balaban J connectivity index is 2.82. The fraction of sp³-hybridized carbons (Fsp3) is 0.750. The third-order valence-electron chi connectivity index (χ3n) is 2.65. The van der Waals surface area contributed by atoms with Crippen molar-refractivity contribution in [2.45, 2.75) is 52.1 Å². The first-order valence-corrected chi connectivity index (χ1v) is 6.37. The zero-order chi connectivity index (χ0) is 12.1. The predicted octanol–water partition coefficient (Wildman–Crippen LogP) is 3.30. The minimum atomic E-state index is 0.306. The molecule has 0 bridgehead atoms. The molecular formula is C12H22ClN3. The van der Waals surface area contributed by atoms with Gasteiger partial charge < -0.3 is 5.32 Å². The molecule has 1 atom stereocenters. The minimum absolute atomic E-state index is 0.306. The molecule has 0 amide bonds. The topological polar surface area (TPSA) is 29.9 Å². The van der Waals surface area contributed by atoms with E-state index in [-0.39, 0.29) is 0 Å². The van der Waals surface area contributed by atoms with Crippen molar-refractivity contribution in [2.75, 3.05) is 0 Å². The maximum atomic E-state index is 6.18. The van der Waals surface area contributed by atoms with Crippen molar-refractivity contribution in [1.82, 2.24) is 15.1 Å². The van der Waals surface area contributed by atoms with Gasteiger partial charge in [-0.05, 0) is 6.42 Å². The van der Waals surface area contributed by atoms with Gasteiger partial charge in [0.1, 0.15) is 0 Å². The van der Waals surface area contributed by atoms with Gasteiger partial charge in [-0.1, -0.05) is 45.2 Å². The lowest BCUT2D eigenvalue weighted by Gasteiger charge is -2.22. The summed E-state index contributed by atoms with van der Waals surface area (Å²) in [7, 11) is 1.95. The molecule has 0 aliphatic rings. The second kappa shape index (κ2) is 6.26. The van der Waals surface area contributed by atoms with Gasteiger partial charge >= 0.3 is 0 Å². The Labute approximate surface area is 103 Å². The molecule has 16 heavy (non-hydrogen) atoms. The molecule has 0 radical (unpaired) electrons. The number of aryl methyl sites for hydroxylation is 1. The Bertz CT molecular complexity index is 301.